The lowest BCUT2D eigenvalue weighted by molar-refractivity contribution is -0.141. The summed E-state index contributed by atoms with van der Waals surface area (Å²) in [4.78, 5) is 12.8. The van der Waals surface area contributed by atoms with Crippen LogP contribution in [-0.4, -0.2) is 29.6 Å². The third-order valence-corrected chi connectivity index (χ3v) is 2.94. The fraction of sp³-hybridized carbons (Fsp3) is 0.500. The van der Waals surface area contributed by atoms with Gasteiger partial charge in [0.2, 0.25) is 0 Å². The van der Waals surface area contributed by atoms with Crippen LogP contribution in [-0.2, 0) is 11.3 Å². The summed E-state index contributed by atoms with van der Waals surface area (Å²) in [5, 5.41) is 8.80. The topological polar surface area (TPSA) is 40.5 Å². The molecule has 94 valence electrons. The van der Waals surface area contributed by atoms with Crippen LogP contribution in [0.25, 0.3) is 0 Å². The molecule has 1 N–H and O–H groups in total. The van der Waals surface area contributed by atoms with Crippen molar-refractivity contribution in [3.05, 3.63) is 35.4 Å². The SMILES string of the molecule is Cc1ccc(CN(C)CCC(C)C(=O)O)cc1. The third-order valence-electron chi connectivity index (χ3n) is 2.94. The number of carboxylic acids is 1. The number of carbonyl (C=O) groups is 1. The number of rotatable bonds is 6. The zero-order valence-electron chi connectivity index (χ0n) is 10.8. The minimum absolute atomic E-state index is 0.268. The molecule has 0 aliphatic heterocycles. The molecule has 3 heteroatoms. The predicted molar refractivity (Wildman–Crippen MR) is 68.9 cm³/mol. The van der Waals surface area contributed by atoms with Gasteiger partial charge in [0.05, 0.1) is 5.92 Å². The molecule has 0 saturated carbocycles. The van der Waals surface area contributed by atoms with Gasteiger partial charge < -0.3 is 10.0 Å². The first-order chi connectivity index (χ1) is 7.99. The van der Waals surface area contributed by atoms with Gasteiger partial charge in [-0.2, -0.15) is 0 Å². The number of benzene rings is 1. The van der Waals surface area contributed by atoms with Gasteiger partial charge in [-0.3, -0.25) is 4.79 Å². The van der Waals surface area contributed by atoms with Crippen LogP contribution in [0, 0.1) is 12.8 Å². The number of nitrogens with zero attached hydrogens (tertiary/aromatic N) is 1. The van der Waals surface area contributed by atoms with E-state index in [-0.39, 0.29) is 5.92 Å². The Labute approximate surface area is 103 Å². The molecule has 0 bridgehead atoms. The fourth-order valence-corrected chi connectivity index (χ4v) is 1.62. The number of carboxylic acid groups (broad SMARTS) is 1. The molecule has 0 aliphatic rings. The summed E-state index contributed by atoms with van der Waals surface area (Å²) in [7, 11) is 2.02. The zero-order valence-corrected chi connectivity index (χ0v) is 10.8. The van der Waals surface area contributed by atoms with E-state index in [1.807, 2.05) is 7.05 Å². The smallest absolute Gasteiger partial charge is 0.306 e. The maximum Gasteiger partial charge on any atom is 0.306 e. The number of hydrogen-bond acceptors (Lipinski definition) is 2. The molecule has 0 radical (unpaired) electrons. The molecule has 0 amide bonds. The van der Waals surface area contributed by atoms with Crippen LogP contribution in [0.5, 0.6) is 0 Å². The van der Waals surface area contributed by atoms with Gasteiger partial charge in [0.15, 0.2) is 0 Å². The van der Waals surface area contributed by atoms with Crippen molar-refractivity contribution in [3.8, 4) is 0 Å². The number of aryl methyl sites for hydroxylation is 1. The van der Waals surface area contributed by atoms with E-state index in [4.69, 9.17) is 5.11 Å². The summed E-state index contributed by atoms with van der Waals surface area (Å²) in [6.45, 7) is 5.50. The van der Waals surface area contributed by atoms with Crippen LogP contribution in [0.1, 0.15) is 24.5 Å². The second kappa shape index (κ2) is 6.40. The van der Waals surface area contributed by atoms with Gasteiger partial charge in [0.1, 0.15) is 0 Å². The molecule has 0 saturated heterocycles. The van der Waals surface area contributed by atoms with E-state index >= 15 is 0 Å². The van der Waals surface area contributed by atoms with E-state index in [9.17, 15) is 4.79 Å². The maximum absolute atomic E-state index is 10.7. The van der Waals surface area contributed by atoms with Crippen molar-refractivity contribution in [2.45, 2.75) is 26.8 Å². The fourth-order valence-electron chi connectivity index (χ4n) is 1.62. The average Bonchev–Trinajstić information content (AvgIpc) is 2.29. The van der Waals surface area contributed by atoms with Crippen molar-refractivity contribution in [3.63, 3.8) is 0 Å². The predicted octanol–water partition coefficient (Wildman–Crippen LogP) is 2.54. The van der Waals surface area contributed by atoms with Crippen LogP contribution in [0.2, 0.25) is 0 Å². The van der Waals surface area contributed by atoms with Crippen LogP contribution in [0.15, 0.2) is 24.3 Å². The van der Waals surface area contributed by atoms with E-state index in [1.54, 1.807) is 6.92 Å². The Morgan fingerprint density at radius 2 is 1.94 bits per heavy atom. The average molecular weight is 235 g/mol. The third kappa shape index (κ3) is 5.00. The summed E-state index contributed by atoms with van der Waals surface area (Å²) in [6, 6.07) is 8.44. The quantitative estimate of drug-likeness (QED) is 0.823. The van der Waals surface area contributed by atoms with Crippen LogP contribution < -0.4 is 0 Å². The van der Waals surface area contributed by atoms with Crippen LogP contribution in [0.3, 0.4) is 0 Å². The minimum Gasteiger partial charge on any atom is -0.481 e. The molecule has 0 aliphatic carbocycles. The summed E-state index contributed by atoms with van der Waals surface area (Å²) in [5.41, 5.74) is 2.52. The lowest BCUT2D eigenvalue weighted by atomic mass is 10.1. The molecule has 1 atom stereocenters. The standard InChI is InChI=1S/C14H21NO2/c1-11-4-6-13(7-5-11)10-15(3)9-8-12(2)14(16)17/h4-7,12H,8-10H2,1-3H3,(H,16,17). The van der Waals surface area contributed by atoms with Crippen molar-refractivity contribution < 1.29 is 9.90 Å². The lowest BCUT2D eigenvalue weighted by Gasteiger charge is -2.18. The molecule has 0 fully saturated rings. The molecule has 0 aromatic heterocycles. The normalized spacial score (nSPS) is 12.7. The van der Waals surface area contributed by atoms with E-state index in [1.165, 1.54) is 11.1 Å². The van der Waals surface area contributed by atoms with Gasteiger partial charge in [-0.1, -0.05) is 36.8 Å². The summed E-state index contributed by atoms with van der Waals surface area (Å²) in [5.74, 6) is -0.982. The monoisotopic (exact) mass is 235 g/mol. The molecule has 1 aromatic carbocycles. The highest BCUT2D eigenvalue weighted by Gasteiger charge is 2.11. The maximum atomic E-state index is 10.7. The molecule has 0 spiro atoms. The molecule has 17 heavy (non-hydrogen) atoms. The van der Waals surface area contributed by atoms with Crippen LogP contribution in [0.4, 0.5) is 0 Å². The molecular weight excluding hydrogens is 214 g/mol. The van der Waals surface area contributed by atoms with Gasteiger partial charge in [-0.25, -0.2) is 0 Å². The van der Waals surface area contributed by atoms with E-state index < -0.39 is 5.97 Å². The molecule has 3 nitrogen and oxygen atoms in total. The first kappa shape index (κ1) is 13.7. The van der Waals surface area contributed by atoms with Gasteiger partial charge in [-0.05, 0) is 32.5 Å². The number of hydrogen-bond donors (Lipinski definition) is 1. The minimum atomic E-state index is -0.714. The first-order valence-corrected chi connectivity index (χ1v) is 5.96. The Kier molecular flexibility index (Phi) is 5.16. The molecule has 1 rings (SSSR count). The summed E-state index contributed by atoms with van der Waals surface area (Å²) >= 11 is 0. The largest absolute Gasteiger partial charge is 0.481 e. The van der Waals surface area contributed by atoms with Crippen molar-refractivity contribution in [2.24, 2.45) is 5.92 Å². The first-order valence-electron chi connectivity index (χ1n) is 5.96. The zero-order chi connectivity index (χ0) is 12.8. The molecular formula is C14H21NO2. The highest BCUT2D eigenvalue weighted by Crippen LogP contribution is 2.08. The molecule has 1 aromatic rings. The van der Waals surface area contributed by atoms with Gasteiger partial charge in [0.25, 0.3) is 0 Å². The van der Waals surface area contributed by atoms with E-state index in [0.717, 1.165) is 13.1 Å². The Hall–Kier alpha value is -1.35. The van der Waals surface area contributed by atoms with E-state index in [0.29, 0.717) is 6.42 Å². The molecule has 1 unspecified atom stereocenters. The van der Waals surface area contributed by atoms with Gasteiger partial charge >= 0.3 is 5.97 Å². The lowest BCUT2D eigenvalue weighted by Crippen LogP contribution is -2.23. The van der Waals surface area contributed by atoms with Gasteiger partial charge in [-0.15, -0.1) is 0 Å². The Morgan fingerprint density at radius 3 is 2.47 bits per heavy atom. The second-order valence-electron chi connectivity index (χ2n) is 4.75. The number of aliphatic carboxylic acids is 1. The van der Waals surface area contributed by atoms with Crippen molar-refractivity contribution in [1.82, 2.24) is 4.90 Å². The van der Waals surface area contributed by atoms with Gasteiger partial charge in [0, 0.05) is 6.54 Å². The summed E-state index contributed by atoms with van der Waals surface area (Å²) in [6.07, 6.45) is 0.692. The Bertz CT molecular complexity index is 359. The summed E-state index contributed by atoms with van der Waals surface area (Å²) < 4.78 is 0. The van der Waals surface area contributed by atoms with Crippen molar-refractivity contribution >= 4 is 5.97 Å². The van der Waals surface area contributed by atoms with E-state index in [2.05, 4.69) is 36.1 Å². The van der Waals surface area contributed by atoms with Crippen LogP contribution >= 0.6 is 0 Å². The highest BCUT2D eigenvalue weighted by molar-refractivity contribution is 5.69. The Balaban J connectivity index is 2.36. The highest BCUT2D eigenvalue weighted by atomic mass is 16.4. The molecule has 0 heterocycles. The van der Waals surface area contributed by atoms with Crippen molar-refractivity contribution in [2.75, 3.05) is 13.6 Å². The second-order valence-corrected chi connectivity index (χ2v) is 4.75. The van der Waals surface area contributed by atoms with Crippen molar-refractivity contribution in [1.29, 1.82) is 0 Å². The Morgan fingerprint density at radius 1 is 1.35 bits per heavy atom.